The summed E-state index contributed by atoms with van der Waals surface area (Å²) in [4.78, 5) is 26.3. The molecule has 188 valence electrons. The van der Waals surface area contributed by atoms with Crippen LogP contribution in [0.4, 0.5) is 28.8 Å². The lowest BCUT2D eigenvalue weighted by Gasteiger charge is -2.12. The summed E-state index contributed by atoms with van der Waals surface area (Å²) in [7, 11) is 0. The van der Waals surface area contributed by atoms with Gasteiger partial charge in [0.2, 0.25) is 0 Å². The van der Waals surface area contributed by atoms with Gasteiger partial charge >= 0.3 is 0 Å². The van der Waals surface area contributed by atoms with Gasteiger partial charge in [-0.2, -0.15) is 0 Å². The Bertz CT molecular complexity index is 1560. The van der Waals surface area contributed by atoms with Crippen LogP contribution in [0.15, 0.2) is 103 Å². The fourth-order valence-corrected chi connectivity index (χ4v) is 3.77. The van der Waals surface area contributed by atoms with Crippen LogP contribution < -0.4 is 20.7 Å². The predicted molar refractivity (Wildman–Crippen MR) is 150 cm³/mol. The van der Waals surface area contributed by atoms with Crippen LogP contribution in [-0.2, 0) is 0 Å². The van der Waals surface area contributed by atoms with Crippen molar-refractivity contribution in [2.24, 2.45) is 0 Å². The Balaban J connectivity index is 1.25. The van der Waals surface area contributed by atoms with E-state index in [2.05, 4.69) is 30.9 Å². The number of carbonyl (C=O) groups excluding carboxylic acids is 1. The van der Waals surface area contributed by atoms with Gasteiger partial charge in [0.1, 0.15) is 34.8 Å². The number of anilines is 5. The summed E-state index contributed by atoms with van der Waals surface area (Å²) in [6, 6.07) is 29.6. The highest BCUT2D eigenvalue weighted by Gasteiger charge is 2.13. The molecule has 0 aliphatic carbocycles. The number of rotatable bonds is 8. The summed E-state index contributed by atoms with van der Waals surface area (Å²) in [5, 5.41) is 9.44. The van der Waals surface area contributed by atoms with Crippen LogP contribution in [0, 0.1) is 13.8 Å². The Kier molecular flexibility index (Phi) is 7.22. The Morgan fingerprint density at radius 3 is 2.16 bits per heavy atom. The van der Waals surface area contributed by atoms with Gasteiger partial charge in [0.05, 0.1) is 5.56 Å². The number of para-hydroxylation sites is 2. The fourth-order valence-electron chi connectivity index (χ4n) is 3.77. The van der Waals surface area contributed by atoms with E-state index in [-0.39, 0.29) is 5.91 Å². The molecule has 3 N–H and O–H groups in total. The van der Waals surface area contributed by atoms with E-state index in [9.17, 15) is 4.79 Å². The molecule has 0 aliphatic heterocycles. The SMILES string of the molecule is Cc1ccnc(Nc2cc(Nc3ccc(NC(=O)c4ccccc4Oc4ccccc4)cc3)nc(C)n2)c1. The van der Waals surface area contributed by atoms with Gasteiger partial charge in [-0.1, -0.05) is 30.3 Å². The predicted octanol–water partition coefficient (Wildman–Crippen LogP) is 7.02. The zero-order valence-electron chi connectivity index (χ0n) is 21.0. The van der Waals surface area contributed by atoms with Crippen molar-refractivity contribution in [1.29, 1.82) is 0 Å². The molecular formula is C30H26N6O2. The smallest absolute Gasteiger partial charge is 0.259 e. The molecule has 0 atom stereocenters. The Hall–Kier alpha value is -5.24. The molecule has 0 fully saturated rings. The second-order valence-electron chi connectivity index (χ2n) is 8.60. The molecule has 0 unspecified atom stereocenters. The molecule has 8 nitrogen and oxygen atoms in total. The number of nitrogens with one attached hydrogen (secondary N) is 3. The molecule has 0 saturated heterocycles. The van der Waals surface area contributed by atoms with Gasteiger partial charge in [-0.15, -0.1) is 0 Å². The summed E-state index contributed by atoms with van der Waals surface area (Å²) >= 11 is 0. The van der Waals surface area contributed by atoms with Crippen LogP contribution in [0.3, 0.4) is 0 Å². The van der Waals surface area contributed by atoms with Crippen LogP contribution in [0.5, 0.6) is 11.5 Å². The van der Waals surface area contributed by atoms with Gasteiger partial charge in [0.15, 0.2) is 0 Å². The van der Waals surface area contributed by atoms with Crippen molar-refractivity contribution in [1.82, 2.24) is 15.0 Å². The number of hydrogen-bond donors (Lipinski definition) is 3. The van der Waals surface area contributed by atoms with E-state index in [0.29, 0.717) is 46.0 Å². The third kappa shape index (κ3) is 6.30. The lowest BCUT2D eigenvalue weighted by molar-refractivity contribution is 0.102. The summed E-state index contributed by atoms with van der Waals surface area (Å²) in [5.74, 6) is 3.49. The van der Waals surface area contributed by atoms with E-state index >= 15 is 0 Å². The van der Waals surface area contributed by atoms with E-state index < -0.39 is 0 Å². The van der Waals surface area contributed by atoms with Gasteiger partial charge < -0.3 is 20.7 Å². The minimum atomic E-state index is -0.260. The van der Waals surface area contributed by atoms with E-state index in [1.807, 2.05) is 98.8 Å². The second-order valence-corrected chi connectivity index (χ2v) is 8.60. The monoisotopic (exact) mass is 502 g/mol. The van der Waals surface area contributed by atoms with E-state index in [1.54, 1.807) is 18.3 Å². The quantitative estimate of drug-likeness (QED) is 0.210. The molecule has 0 saturated carbocycles. The Morgan fingerprint density at radius 1 is 0.711 bits per heavy atom. The number of amides is 1. The maximum atomic E-state index is 13.0. The molecule has 5 aromatic rings. The normalized spacial score (nSPS) is 10.5. The molecule has 38 heavy (non-hydrogen) atoms. The molecule has 0 radical (unpaired) electrons. The highest BCUT2D eigenvalue weighted by atomic mass is 16.5. The van der Waals surface area contributed by atoms with Gasteiger partial charge in [0, 0.05) is 23.6 Å². The molecule has 3 aromatic carbocycles. The van der Waals surface area contributed by atoms with Crippen LogP contribution in [0.25, 0.3) is 0 Å². The van der Waals surface area contributed by atoms with Crippen LogP contribution in [0.1, 0.15) is 21.7 Å². The molecule has 8 heteroatoms. The maximum Gasteiger partial charge on any atom is 0.259 e. The summed E-state index contributed by atoms with van der Waals surface area (Å²) in [6.45, 7) is 3.84. The van der Waals surface area contributed by atoms with Crippen molar-refractivity contribution in [3.05, 3.63) is 120 Å². The molecule has 0 aliphatic rings. The number of hydrogen-bond acceptors (Lipinski definition) is 7. The minimum absolute atomic E-state index is 0.260. The van der Waals surface area contributed by atoms with E-state index in [0.717, 1.165) is 11.3 Å². The van der Waals surface area contributed by atoms with Gasteiger partial charge in [0.25, 0.3) is 5.91 Å². The molecule has 0 spiro atoms. The lowest BCUT2D eigenvalue weighted by atomic mass is 10.1. The largest absolute Gasteiger partial charge is 0.457 e. The standard InChI is InChI=1S/C30H26N6O2/c1-20-16-17-31-27(18-20)36-29-19-28(32-21(2)33-29)34-22-12-14-23(15-13-22)35-30(37)25-10-6-7-11-26(25)38-24-8-4-3-5-9-24/h3-19H,1-2H3,(H,35,37)(H2,31,32,33,34,36). The lowest BCUT2D eigenvalue weighted by Crippen LogP contribution is -2.13. The first-order valence-electron chi connectivity index (χ1n) is 12.1. The number of aromatic nitrogens is 3. The maximum absolute atomic E-state index is 13.0. The van der Waals surface area contributed by atoms with E-state index in [1.165, 1.54) is 0 Å². The molecule has 0 bridgehead atoms. The van der Waals surface area contributed by atoms with Crippen molar-refractivity contribution < 1.29 is 9.53 Å². The van der Waals surface area contributed by atoms with Crippen LogP contribution >= 0.6 is 0 Å². The zero-order valence-corrected chi connectivity index (χ0v) is 21.0. The second kappa shape index (κ2) is 11.2. The molecule has 1 amide bonds. The highest BCUT2D eigenvalue weighted by molar-refractivity contribution is 6.06. The van der Waals surface area contributed by atoms with Gasteiger partial charge in [-0.25, -0.2) is 15.0 Å². The zero-order chi connectivity index (χ0) is 26.3. The third-order valence-corrected chi connectivity index (χ3v) is 5.53. The topological polar surface area (TPSA) is 101 Å². The van der Waals surface area contributed by atoms with Gasteiger partial charge in [-0.3, -0.25) is 4.79 Å². The van der Waals surface area contributed by atoms with Crippen LogP contribution in [-0.4, -0.2) is 20.9 Å². The summed E-state index contributed by atoms with van der Waals surface area (Å²) in [6.07, 6.45) is 1.75. The number of aryl methyl sites for hydroxylation is 2. The number of ether oxygens (including phenoxy) is 1. The highest BCUT2D eigenvalue weighted by Crippen LogP contribution is 2.26. The van der Waals surface area contributed by atoms with Crippen molar-refractivity contribution >= 4 is 34.7 Å². The van der Waals surface area contributed by atoms with Crippen molar-refractivity contribution in [2.45, 2.75) is 13.8 Å². The molecular weight excluding hydrogens is 476 g/mol. The Labute approximate surface area is 220 Å². The number of nitrogens with zero attached hydrogens (tertiary/aromatic N) is 3. The molecule has 2 heterocycles. The van der Waals surface area contributed by atoms with Crippen molar-refractivity contribution in [3.8, 4) is 11.5 Å². The number of benzene rings is 3. The van der Waals surface area contributed by atoms with Crippen molar-refractivity contribution in [3.63, 3.8) is 0 Å². The van der Waals surface area contributed by atoms with Crippen molar-refractivity contribution in [2.75, 3.05) is 16.0 Å². The summed E-state index contributed by atoms with van der Waals surface area (Å²) < 4.78 is 5.92. The molecule has 2 aromatic heterocycles. The average molecular weight is 503 g/mol. The first kappa shape index (κ1) is 24.5. The first-order valence-corrected chi connectivity index (χ1v) is 12.1. The fraction of sp³-hybridized carbons (Fsp3) is 0.0667. The van der Waals surface area contributed by atoms with Gasteiger partial charge in [-0.05, 0) is 80.1 Å². The number of carbonyl (C=O) groups is 1. The summed E-state index contributed by atoms with van der Waals surface area (Å²) in [5.41, 5.74) is 3.01. The van der Waals surface area contributed by atoms with Crippen LogP contribution in [0.2, 0.25) is 0 Å². The average Bonchev–Trinajstić information content (AvgIpc) is 2.90. The number of pyridine rings is 1. The van der Waals surface area contributed by atoms with E-state index in [4.69, 9.17) is 4.74 Å². The first-order chi connectivity index (χ1) is 18.5. The third-order valence-electron chi connectivity index (χ3n) is 5.53. The Morgan fingerprint density at radius 2 is 1.39 bits per heavy atom. The minimum Gasteiger partial charge on any atom is -0.457 e. The molecule has 5 rings (SSSR count).